The second-order valence-corrected chi connectivity index (χ2v) is 5.91. The lowest BCUT2D eigenvalue weighted by molar-refractivity contribution is 0.339. The highest BCUT2D eigenvalue weighted by molar-refractivity contribution is 5.59. The number of aryl methyl sites for hydroxylation is 2. The molecular weight excluding hydrogens is 264 g/mol. The summed E-state index contributed by atoms with van der Waals surface area (Å²) < 4.78 is 2.23. The summed E-state index contributed by atoms with van der Waals surface area (Å²) in [5, 5.41) is 20.9. The van der Waals surface area contributed by atoms with Gasteiger partial charge in [0.25, 0.3) is 0 Å². The van der Waals surface area contributed by atoms with Crippen molar-refractivity contribution in [3.8, 4) is 11.4 Å². The van der Waals surface area contributed by atoms with Gasteiger partial charge >= 0.3 is 0 Å². The molecule has 112 valence electrons. The Balaban J connectivity index is 2.11. The maximum Gasteiger partial charge on any atom is 0.166 e. The quantitative estimate of drug-likeness (QED) is 0.933. The topological polar surface area (TPSA) is 68.5 Å². The molecule has 0 aliphatic carbocycles. The Morgan fingerprint density at radius 2 is 2.10 bits per heavy atom. The average Bonchev–Trinajstić information content (AvgIpc) is 2.90. The molecule has 6 nitrogen and oxygen atoms in total. The molecule has 3 rings (SSSR count). The Morgan fingerprint density at radius 1 is 1.29 bits per heavy atom. The molecule has 2 aromatic heterocycles. The van der Waals surface area contributed by atoms with Crippen LogP contribution in [0.2, 0.25) is 0 Å². The van der Waals surface area contributed by atoms with E-state index in [1.807, 2.05) is 6.92 Å². The Hall–Kier alpha value is -1.82. The molecule has 0 spiro atoms. The number of hydrogen-bond acceptors (Lipinski definition) is 5. The van der Waals surface area contributed by atoms with Gasteiger partial charge < -0.3 is 9.88 Å². The summed E-state index contributed by atoms with van der Waals surface area (Å²) in [6.07, 6.45) is 0.844. The van der Waals surface area contributed by atoms with E-state index in [2.05, 4.69) is 57.1 Å². The van der Waals surface area contributed by atoms with E-state index in [0.29, 0.717) is 5.92 Å². The Kier molecular flexibility index (Phi) is 3.71. The third kappa shape index (κ3) is 2.44. The lowest BCUT2D eigenvalue weighted by atomic mass is 10.0. The van der Waals surface area contributed by atoms with Crippen LogP contribution in [0.5, 0.6) is 0 Å². The van der Waals surface area contributed by atoms with Crippen LogP contribution in [0.15, 0.2) is 6.07 Å². The van der Waals surface area contributed by atoms with Gasteiger partial charge in [-0.05, 0) is 25.3 Å². The smallest absolute Gasteiger partial charge is 0.166 e. The summed E-state index contributed by atoms with van der Waals surface area (Å²) in [5.74, 6) is 2.44. The largest absolute Gasteiger partial charge is 0.308 e. The monoisotopic (exact) mass is 286 g/mol. The Bertz CT molecular complexity index is 646. The van der Waals surface area contributed by atoms with Gasteiger partial charge in [0, 0.05) is 18.7 Å². The van der Waals surface area contributed by atoms with Gasteiger partial charge in [-0.2, -0.15) is 10.2 Å². The normalized spacial score (nSPS) is 18.0. The van der Waals surface area contributed by atoms with Crippen molar-refractivity contribution in [2.75, 3.05) is 6.54 Å². The van der Waals surface area contributed by atoms with Gasteiger partial charge in [0.1, 0.15) is 0 Å². The van der Waals surface area contributed by atoms with Crippen molar-refractivity contribution in [2.45, 2.75) is 46.7 Å². The molecule has 1 aliphatic rings. The number of nitrogens with zero attached hydrogens (tertiary/aromatic N) is 5. The van der Waals surface area contributed by atoms with Gasteiger partial charge in [-0.25, -0.2) is 0 Å². The number of rotatable bonds is 3. The average molecular weight is 286 g/mol. The van der Waals surface area contributed by atoms with E-state index in [1.165, 1.54) is 0 Å². The van der Waals surface area contributed by atoms with E-state index in [0.717, 1.165) is 48.1 Å². The van der Waals surface area contributed by atoms with Crippen molar-refractivity contribution in [3.63, 3.8) is 0 Å². The SMILES string of the molecule is CCc1nnc(C)cc1-c1nnc2n1CCNC2C(C)C. The van der Waals surface area contributed by atoms with Crippen LogP contribution in [0.1, 0.15) is 44.0 Å². The summed E-state index contributed by atoms with van der Waals surface area (Å²) in [5.41, 5.74) is 2.96. The van der Waals surface area contributed by atoms with E-state index in [-0.39, 0.29) is 6.04 Å². The Labute approximate surface area is 125 Å². The number of aromatic nitrogens is 5. The van der Waals surface area contributed by atoms with E-state index >= 15 is 0 Å². The standard InChI is InChI=1S/C15H22N6/c1-5-12-11(8-10(4)17-18-12)14-19-20-15-13(9(2)3)16-6-7-21(14)15/h8-9,13,16H,5-7H2,1-4H3. The van der Waals surface area contributed by atoms with Gasteiger partial charge in [-0.3, -0.25) is 0 Å². The zero-order valence-corrected chi connectivity index (χ0v) is 13.1. The molecule has 6 heteroatoms. The minimum absolute atomic E-state index is 0.265. The van der Waals surface area contributed by atoms with E-state index in [1.54, 1.807) is 0 Å². The second kappa shape index (κ2) is 5.52. The van der Waals surface area contributed by atoms with Crippen LogP contribution in [0.3, 0.4) is 0 Å². The summed E-state index contributed by atoms with van der Waals surface area (Å²) >= 11 is 0. The minimum atomic E-state index is 0.265. The van der Waals surface area contributed by atoms with Gasteiger partial charge in [0.05, 0.1) is 17.4 Å². The third-order valence-electron chi connectivity index (χ3n) is 3.99. The molecule has 0 saturated heterocycles. The van der Waals surface area contributed by atoms with Gasteiger partial charge in [0.15, 0.2) is 11.6 Å². The fourth-order valence-electron chi connectivity index (χ4n) is 2.89. The molecule has 0 saturated carbocycles. The first-order valence-corrected chi connectivity index (χ1v) is 7.61. The van der Waals surface area contributed by atoms with Crippen molar-refractivity contribution in [3.05, 3.63) is 23.3 Å². The molecule has 0 radical (unpaired) electrons. The summed E-state index contributed by atoms with van der Waals surface area (Å²) in [7, 11) is 0. The van der Waals surface area contributed by atoms with Crippen molar-refractivity contribution >= 4 is 0 Å². The van der Waals surface area contributed by atoms with Gasteiger partial charge in [-0.1, -0.05) is 20.8 Å². The molecule has 1 atom stereocenters. The molecule has 0 amide bonds. The molecule has 1 aliphatic heterocycles. The van der Waals surface area contributed by atoms with Crippen LogP contribution in [0.25, 0.3) is 11.4 Å². The zero-order valence-electron chi connectivity index (χ0n) is 13.1. The highest BCUT2D eigenvalue weighted by Crippen LogP contribution is 2.29. The van der Waals surface area contributed by atoms with Crippen molar-refractivity contribution in [1.82, 2.24) is 30.3 Å². The maximum atomic E-state index is 4.46. The van der Waals surface area contributed by atoms with Crippen LogP contribution in [-0.4, -0.2) is 31.5 Å². The molecule has 0 bridgehead atoms. The number of fused-ring (bicyclic) bond motifs is 1. The van der Waals surface area contributed by atoms with Crippen LogP contribution in [0, 0.1) is 12.8 Å². The number of nitrogens with one attached hydrogen (secondary N) is 1. The molecular formula is C15H22N6. The van der Waals surface area contributed by atoms with Crippen molar-refractivity contribution in [2.24, 2.45) is 5.92 Å². The van der Waals surface area contributed by atoms with Crippen LogP contribution < -0.4 is 5.32 Å². The minimum Gasteiger partial charge on any atom is -0.308 e. The van der Waals surface area contributed by atoms with Gasteiger partial charge in [0.2, 0.25) is 0 Å². The molecule has 0 fully saturated rings. The fraction of sp³-hybridized carbons (Fsp3) is 0.600. The fourth-order valence-corrected chi connectivity index (χ4v) is 2.89. The first-order valence-electron chi connectivity index (χ1n) is 7.61. The highest BCUT2D eigenvalue weighted by Gasteiger charge is 2.28. The molecule has 3 heterocycles. The first-order chi connectivity index (χ1) is 10.1. The lowest BCUT2D eigenvalue weighted by Gasteiger charge is -2.27. The van der Waals surface area contributed by atoms with Crippen molar-refractivity contribution in [1.29, 1.82) is 0 Å². The predicted molar refractivity (Wildman–Crippen MR) is 80.7 cm³/mol. The number of hydrogen-bond donors (Lipinski definition) is 1. The summed E-state index contributed by atoms with van der Waals surface area (Å²) in [4.78, 5) is 0. The van der Waals surface area contributed by atoms with E-state index < -0.39 is 0 Å². The first kappa shape index (κ1) is 14.1. The molecule has 2 aromatic rings. The summed E-state index contributed by atoms with van der Waals surface area (Å²) in [6, 6.07) is 2.33. The van der Waals surface area contributed by atoms with E-state index in [9.17, 15) is 0 Å². The van der Waals surface area contributed by atoms with E-state index in [4.69, 9.17) is 0 Å². The Morgan fingerprint density at radius 3 is 2.81 bits per heavy atom. The zero-order chi connectivity index (χ0) is 15.0. The van der Waals surface area contributed by atoms with Crippen molar-refractivity contribution < 1.29 is 0 Å². The lowest BCUT2D eigenvalue weighted by Crippen LogP contribution is -2.36. The predicted octanol–water partition coefficient (Wildman–Crippen LogP) is 1.91. The highest BCUT2D eigenvalue weighted by atomic mass is 15.3. The molecule has 0 aromatic carbocycles. The third-order valence-corrected chi connectivity index (χ3v) is 3.99. The summed E-state index contributed by atoms with van der Waals surface area (Å²) in [6.45, 7) is 10.3. The van der Waals surface area contributed by atoms with Gasteiger partial charge in [-0.15, -0.1) is 10.2 Å². The maximum absolute atomic E-state index is 4.46. The molecule has 1 N–H and O–H groups in total. The molecule has 21 heavy (non-hydrogen) atoms. The second-order valence-electron chi connectivity index (χ2n) is 5.91. The van der Waals surface area contributed by atoms with Crippen LogP contribution in [0.4, 0.5) is 0 Å². The van der Waals surface area contributed by atoms with Crippen LogP contribution in [-0.2, 0) is 13.0 Å². The van der Waals surface area contributed by atoms with Crippen LogP contribution >= 0.6 is 0 Å². The molecule has 1 unspecified atom stereocenters.